The zero-order valence-electron chi connectivity index (χ0n) is 14.3. The molecule has 1 heterocycles. The van der Waals surface area contributed by atoms with Gasteiger partial charge in [0.25, 0.3) is 0 Å². The van der Waals surface area contributed by atoms with E-state index in [1.54, 1.807) is 6.92 Å². The number of hydrogen-bond donors (Lipinski definition) is 2. The predicted molar refractivity (Wildman–Crippen MR) is 90.6 cm³/mol. The highest BCUT2D eigenvalue weighted by Crippen LogP contribution is 2.33. The Morgan fingerprint density at radius 1 is 1.25 bits per heavy atom. The average molecular weight is 332 g/mol. The number of amides is 2. The summed E-state index contributed by atoms with van der Waals surface area (Å²) in [5, 5.41) is 5.43. The van der Waals surface area contributed by atoms with Crippen LogP contribution in [-0.4, -0.2) is 25.2 Å². The summed E-state index contributed by atoms with van der Waals surface area (Å²) in [6.07, 6.45) is 1.74. The second-order valence-corrected chi connectivity index (χ2v) is 5.53. The van der Waals surface area contributed by atoms with Crippen LogP contribution in [0, 0.1) is 0 Å². The fourth-order valence-corrected chi connectivity index (χ4v) is 2.59. The Kier molecular flexibility index (Phi) is 6.23. The molecule has 1 atom stereocenters. The van der Waals surface area contributed by atoms with E-state index in [2.05, 4.69) is 10.6 Å². The lowest BCUT2D eigenvalue weighted by atomic mass is 9.95. The van der Waals surface area contributed by atoms with Crippen molar-refractivity contribution in [2.75, 3.05) is 13.2 Å². The van der Waals surface area contributed by atoms with Crippen molar-refractivity contribution in [2.24, 2.45) is 0 Å². The number of nitrogens with one attached hydrogen (secondary N) is 2. The molecular weight excluding hydrogens is 308 g/mol. The van der Waals surface area contributed by atoms with Crippen molar-refractivity contribution in [3.05, 3.63) is 41.1 Å². The number of carbonyl (C=O) groups is 2. The van der Waals surface area contributed by atoms with Crippen LogP contribution in [-0.2, 0) is 9.53 Å². The van der Waals surface area contributed by atoms with Crippen molar-refractivity contribution < 1.29 is 19.1 Å². The molecule has 1 aromatic rings. The lowest BCUT2D eigenvalue weighted by Gasteiger charge is -2.29. The van der Waals surface area contributed by atoms with Crippen LogP contribution < -0.4 is 15.4 Å². The molecule has 0 aliphatic carbocycles. The number of urea groups is 1. The second kappa shape index (κ2) is 8.38. The van der Waals surface area contributed by atoms with E-state index >= 15 is 0 Å². The standard InChI is InChI=1S/C18H24N2O4/c1-4-6-11-24-17(21)15-12(3)19-18(22)20-16(15)13-9-7-8-10-14(13)23-5-2/h7-10,16H,4-6,11H2,1-3H3,(H2,19,20,22)/t16-/m1/s1. The van der Waals surface area contributed by atoms with Crippen LogP contribution in [0.3, 0.4) is 0 Å². The van der Waals surface area contributed by atoms with Gasteiger partial charge in [0.1, 0.15) is 5.75 Å². The van der Waals surface area contributed by atoms with Crippen LogP contribution in [0.15, 0.2) is 35.5 Å². The van der Waals surface area contributed by atoms with Crippen LogP contribution in [0.5, 0.6) is 5.75 Å². The second-order valence-electron chi connectivity index (χ2n) is 5.53. The van der Waals surface area contributed by atoms with Gasteiger partial charge in [0.05, 0.1) is 24.8 Å². The van der Waals surface area contributed by atoms with Gasteiger partial charge in [-0.1, -0.05) is 31.5 Å². The number of carbonyl (C=O) groups excluding carboxylic acids is 2. The topological polar surface area (TPSA) is 76.7 Å². The first kappa shape index (κ1) is 17.8. The average Bonchev–Trinajstić information content (AvgIpc) is 2.55. The molecule has 0 bridgehead atoms. The highest BCUT2D eigenvalue weighted by atomic mass is 16.5. The lowest BCUT2D eigenvalue weighted by molar-refractivity contribution is -0.139. The Morgan fingerprint density at radius 2 is 2.00 bits per heavy atom. The van der Waals surface area contributed by atoms with Gasteiger partial charge in [-0.15, -0.1) is 0 Å². The molecule has 0 radical (unpaired) electrons. The van der Waals surface area contributed by atoms with E-state index in [1.165, 1.54) is 0 Å². The van der Waals surface area contributed by atoms with Gasteiger partial charge < -0.3 is 20.1 Å². The first-order valence-electron chi connectivity index (χ1n) is 8.25. The summed E-state index contributed by atoms with van der Waals surface area (Å²) in [6, 6.07) is 6.41. The fraction of sp³-hybridized carbons (Fsp3) is 0.444. The molecule has 2 amide bonds. The number of allylic oxidation sites excluding steroid dienone is 1. The molecule has 1 aliphatic rings. The summed E-state index contributed by atoms with van der Waals surface area (Å²) in [5.74, 6) is 0.212. The zero-order valence-corrected chi connectivity index (χ0v) is 14.3. The minimum Gasteiger partial charge on any atom is -0.494 e. The van der Waals surface area contributed by atoms with Gasteiger partial charge >= 0.3 is 12.0 Å². The predicted octanol–water partition coefficient (Wildman–Crippen LogP) is 3.06. The number of ether oxygens (including phenoxy) is 2. The fourth-order valence-electron chi connectivity index (χ4n) is 2.59. The highest BCUT2D eigenvalue weighted by Gasteiger charge is 2.33. The SMILES string of the molecule is CCCCOC(=O)C1=C(C)NC(=O)N[C@@H]1c1ccccc1OCC. The molecule has 0 fully saturated rings. The molecule has 6 nitrogen and oxygen atoms in total. The van der Waals surface area contributed by atoms with Gasteiger partial charge in [0.2, 0.25) is 0 Å². The van der Waals surface area contributed by atoms with Gasteiger partial charge in [-0.05, 0) is 26.3 Å². The van der Waals surface area contributed by atoms with E-state index in [1.807, 2.05) is 38.1 Å². The quantitative estimate of drug-likeness (QED) is 0.594. The van der Waals surface area contributed by atoms with Gasteiger partial charge in [0.15, 0.2) is 0 Å². The summed E-state index contributed by atoms with van der Waals surface area (Å²) in [6.45, 7) is 6.47. The molecule has 0 aromatic heterocycles. The van der Waals surface area contributed by atoms with E-state index in [0.717, 1.165) is 18.4 Å². The maximum atomic E-state index is 12.5. The molecule has 2 rings (SSSR count). The van der Waals surface area contributed by atoms with Crippen LogP contribution in [0.1, 0.15) is 45.2 Å². The maximum absolute atomic E-state index is 12.5. The molecule has 0 spiro atoms. The maximum Gasteiger partial charge on any atom is 0.338 e. The van der Waals surface area contributed by atoms with Crippen molar-refractivity contribution >= 4 is 12.0 Å². The van der Waals surface area contributed by atoms with Gasteiger partial charge in [-0.25, -0.2) is 9.59 Å². The van der Waals surface area contributed by atoms with E-state index in [-0.39, 0.29) is 6.03 Å². The molecular formula is C18H24N2O4. The summed E-state index contributed by atoms with van der Waals surface area (Å²) < 4.78 is 11.0. The minimum absolute atomic E-state index is 0.353. The van der Waals surface area contributed by atoms with Crippen molar-refractivity contribution in [1.82, 2.24) is 10.6 Å². The molecule has 24 heavy (non-hydrogen) atoms. The lowest BCUT2D eigenvalue weighted by Crippen LogP contribution is -2.45. The Balaban J connectivity index is 2.36. The molecule has 0 unspecified atom stereocenters. The number of para-hydroxylation sites is 1. The van der Waals surface area contributed by atoms with Crippen LogP contribution in [0.25, 0.3) is 0 Å². The van der Waals surface area contributed by atoms with E-state index in [0.29, 0.717) is 30.2 Å². The number of unbranched alkanes of at least 4 members (excludes halogenated alkanes) is 1. The van der Waals surface area contributed by atoms with Crippen molar-refractivity contribution in [1.29, 1.82) is 0 Å². The van der Waals surface area contributed by atoms with E-state index < -0.39 is 12.0 Å². The summed E-state index contributed by atoms with van der Waals surface area (Å²) in [4.78, 5) is 24.4. The molecule has 130 valence electrons. The summed E-state index contributed by atoms with van der Waals surface area (Å²) >= 11 is 0. The number of benzene rings is 1. The van der Waals surface area contributed by atoms with Crippen molar-refractivity contribution in [2.45, 2.75) is 39.7 Å². The Morgan fingerprint density at radius 3 is 2.71 bits per heavy atom. The number of rotatable bonds is 7. The third-order valence-corrected chi connectivity index (χ3v) is 3.75. The molecule has 0 saturated carbocycles. The molecule has 6 heteroatoms. The van der Waals surface area contributed by atoms with Crippen LogP contribution >= 0.6 is 0 Å². The summed E-state index contributed by atoms with van der Waals surface area (Å²) in [5.41, 5.74) is 1.63. The largest absolute Gasteiger partial charge is 0.494 e. The minimum atomic E-state index is -0.601. The summed E-state index contributed by atoms with van der Waals surface area (Å²) in [7, 11) is 0. The zero-order chi connectivity index (χ0) is 17.5. The highest BCUT2D eigenvalue weighted by molar-refractivity contribution is 5.95. The molecule has 1 aliphatic heterocycles. The Bertz CT molecular complexity index is 640. The normalized spacial score (nSPS) is 17.1. The molecule has 2 N–H and O–H groups in total. The first-order chi connectivity index (χ1) is 11.6. The molecule has 1 aromatic carbocycles. The Hall–Kier alpha value is -2.50. The number of hydrogen-bond acceptors (Lipinski definition) is 4. The monoisotopic (exact) mass is 332 g/mol. The smallest absolute Gasteiger partial charge is 0.338 e. The van der Waals surface area contributed by atoms with E-state index in [4.69, 9.17) is 9.47 Å². The Labute approximate surface area is 142 Å². The third kappa shape index (κ3) is 4.07. The van der Waals surface area contributed by atoms with Crippen LogP contribution in [0.2, 0.25) is 0 Å². The third-order valence-electron chi connectivity index (χ3n) is 3.75. The first-order valence-corrected chi connectivity index (χ1v) is 8.25. The molecule has 0 saturated heterocycles. The van der Waals surface area contributed by atoms with Crippen molar-refractivity contribution in [3.63, 3.8) is 0 Å². The van der Waals surface area contributed by atoms with Crippen molar-refractivity contribution in [3.8, 4) is 5.75 Å². The number of esters is 1. The van der Waals surface area contributed by atoms with Gasteiger partial charge in [0, 0.05) is 11.3 Å². The van der Waals surface area contributed by atoms with Gasteiger partial charge in [-0.3, -0.25) is 0 Å². The van der Waals surface area contributed by atoms with Gasteiger partial charge in [-0.2, -0.15) is 0 Å². The van der Waals surface area contributed by atoms with Crippen LogP contribution in [0.4, 0.5) is 4.79 Å². The van der Waals surface area contributed by atoms with E-state index in [9.17, 15) is 9.59 Å².